The van der Waals surface area contributed by atoms with Crippen LogP contribution in [0.1, 0.15) is 0 Å². The van der Waals surface area contributed by atoms with Crippen molar-refractivity contribution in [2.24, 2.45) is 0 Å². The minimum Gasteiger partial charge on any atom is -0.172 e. The summed E-state index contributed by atoms with van der Waals surface area (Å²) in [6, 6.07) is 29.3. The third-order valence-corrected chi connectivity index (χ3v) is 3.10. The van der Waals surface area contributed by atoms with Gasteiger partial charge < -0.3 is 0 Å². The van der Waals surface area contributed by atoms with E-state index in [0.717, 1.165) is 0 Å². The van der Waals surface area contributed by atoms with E-state index in [1.165, 1.54) is 22.3 Å². The minimum atomic E-state index is 0. The zero-order valence-corrected chi connectivity index (χ0v) is 11.4. The zero-order valence-electron chi connectivity index (χ0n) is 10.4. The number of fused-ring (bicyclic) bond motifs is 2. The van der Waals surface area contributed by atoms with Crippen LogP contribution in [0.2, 0.25) is 0 Å². The van der Waals surface area contributed by atoms with E-state index in [9.17, 15) is 0 Å². The summed E-state index contributed by atoms with van der Waals surface area (Å²) in [5.74, 6) is 0. The molecule has 98 valence electrons. The molecule has 4 aliphatic rings. The molecule has 0 amide bonds. The molecule has 0 spiro atoms. The van der Waals surface area contributed by atoms with Crippen molar-refractivity contribution in [2.45, 2.75) is 0 Å². The fourth-order valence-electron chi connectivity index (χ4n) is 2.14. The van der Waals surface area contributed by atoms with Gasteiger partial charge in [0.05, 0.1) is 0 Å². The van der Waals surface area contributed by atoms with E-state index < -0.39 is 0 Å². The summed E-state index contributed by atoms with van der Waals surface area (Å²) < 4.78 is 0. The van der Waals surface area contributed by atoms with Crippen LogP contribution in [0.15, 0.2) is 84.9 Å². The van der Waals surface area contributed by atoms with Crippen LogP contribution in [0.4, 0.5) is 0 Å². The molecule has 0 radical (unpaired) electrons. The van der Waals surface area contributed by atoms with Crippen LogP contribution < -0.4 is 0 Å². The van der Waals surface area contributed by atoms with Crippen molar-refractivity contribution in [3.05, 3.63) is 84.9 Å². The van der Waals surface area contributed by atoms with Crippen molar-refractivity contribution in [3.63, 3.8) is 0 Å². The normalized spacial score (nSPS) is 9.68. The zero-order chi connectivity index (χ0) is 12.2. The van der Waals surface area contributed by atoms with Gasteiger partial charge in [0.15, 0.2) is 0 Å². The average molecular weight is 289 g/mol. The quantitative estimate of drug-likeness (QED) is 0.315. The summed E-state index contributed by atoms with van der Waals surface area (Å²) in [5.41, 5.74) is 5.32. The van der Waals surface area contributed by atoms with E-state index in [2.05, 4.69) is 84.9 Å². The second kappa shape index (κ2) is 6.36. The standard InChI is InChI=1S/2C9H7.Ni/c2*1-2-5-9-7-3-6-8(9)4-1;/h2*1-7H;/q2*-1;. The predicted molar refractivity (Wildman–Crippen MR) is 77.3 cm³/mol. The van der Waals surface area contributed by atoms with E-state index in [1.54, 1.807) is 0 Å². The average Bonchev–Trinajstić information content (AvgIpc) is 3.08. The van der Waals surface area contributed by atoms with E-state index in [4.69, 9.17) is 0 Å². The Morgan fingerprint density at radius 1 is 0.526 bits per heavy atom. The Hall–Kier alpha value is -1.85. The number of benzene rings is 2. The Morgan fingerprint density at radius 2 is 0.947 bits per heavy atom. The minimum absolute atomic E-state index is 0. The third kappa shape index (κ3) is 3.13. The molecule has 0 aromatic rings. The van der Waals surface area contributed by atoms with Crippen LogP contribution in [0.25, 0.3) is 22.3 Å². The maximum Gasteiger partial charge on any atom is 0 e. The second-order valence-corrected chi connectivity index (χ2v) is 4.31. The maximum atomic E-state index is 2.12. The van der Waals surface area contributed by atoms with E-state index in [-0.39, 0.29) is 16.5 Å². The van der Waals surface area contributed by atoms with Gasteiger partial charge in [0, 0.05) is 16.5 Å². The smallest absolute Gasteiger partial charge is 0 e. The summed E-state index contributed by atoms with van der Waals surface area (Å²) in [6.45, 7) is 0. The molecule has 0 saturated carbocycles. The monoisotopic (exact) mass is 288 g/mol. The Bertz CT molecular complexity index is 545. The molecule has 0 nitrogen and oxygen atoms in total. The molecule has 0 atom stereocenters. The van der Waals surface area contributed by atoms with Gasteiger partial charge in [-0.2, -0.15) is 48.5 Å². The van der Waals surface area contributed by atoms with Gasteiger partial charge in [0.1, 0.15) is 0 Å². The molecule has 0 heterocycles. The molecular weight excluding hydrogens is 275 g/mol. The van der Waals surface area contributed by atoms with Gasteiger partial charge in [-0.25, -0.2) is 0 Å². The first kappa shape index (κ1) is 13.6. The third-order valence-electron chi connectivity index (χ3n) is 3.10. The molecule has 0 N–H and O–H groups in total. The van der Waals surface area contributed by atoms with Gasteiger partial charge in [0.25, 0.3) is 0 Å². The summed E-state index contributed by atoms with van der Waals surface area (Å²) in [5, 5.41) is 0. The largest absolute Gasteiger partial charge is 0.172 e. The predicted octanol–water partition coefficient (Wildman–Crippen LogP) is 5.02. The number of hydrogen-bond acceptors (Lipinski definition) is 0. The van der Waals surface area contributed by atoms with Crippen molar-refractivity contribution in [1.29, 1.82) is 0 Å². The van der Waals surface area contributed by atoms with Crippen LogP contribution in [-0.4, -0.2) is 0 Å². The molecule has 1 heteroatoms. The number of hydrogen-bond donors (Lipinski definition) is 0. The summed E-state index contributed by atoms with van der Waals surface area (Å²) in [4.78, 5) is 0. The van der Waals surface area contributed by atoms with Gasteiger partial charge in [-0.15, -0.1) is 34.4 Å². The molecule has 0 fully saturated rings. The van der Waals surface area contributed by atoms with Crippen molar-refractivity contribution >= 4 is 0 Å². The molecule has 0 aromatic carbocycles. The first-order valence-corrected chi connectivity index (χ1v) is 6.14. The molecule has 0 bridgehead atoms. The van der Waals surface area contributed by atoms with Crippen molar-refractivity contribution in [1.82, 2.24) is 0 Å². The molecule has 0 saturated heterocycles. The number of rotatable bonds is 0. The van der Waals surface area contributed by atoms with E-state index in [1.807, 2.05) is 0 Å². The van der Waals surface area contributed by atoms with Crippen molar-refractivity contribution in [3.8, 4) is 22.3 Å². The van der Waals surface area contributed by atoms with E-state index >= 15 is 0 Å². The van der Waals surface area contributed by atoms with Gasteiger partial charge >= 0.3 is 0 Å². The van der Waals surface area contributed by atoms with Crippen molar-refractivity contribution in [2.75, 3.05) is 0 Å². The molecule has 0 unspecified atom stereocenters. The fourth-order valence-corrected chi connectivity index (χ4v) is 2.14. The molecule has 0 aliphatic heterocycles. The maximum absolute atomic E-state index is 2.12. The van der Waals surface area contributed by atoms with Gasteiger partial charge in [-0.05, 0) is 0 Å². The molecule has 19 heavy (non-hydrogen) atoms. The van der Waals surface area contributed by atoms with Gasteiger partial charge in [-0.3, -0.25) is 0 Å². The van der Waals surface area contributed by atoms with Gasteiger partial charge in [0.2, 0.25) is 0 Å². The van der Waals surface area contributed by atoms with Crippen LogP contribution in [0, 0.1) is 0 Å². The van der Waals surface area contributed by atoms with Crippen LogP contribution in [-0.2, 0) is 16.5 Å². The molecule has 0 aromatic heterocycles. The Kier molecular flexibility index (Phi) is 4.55. The van der Waals surface area contributed by atoms with Gasteiger partial charge in [-0.1, -0.05) is 24.3 Å². The Balaban J connectivity index is 0.000000133. The van der Waals surface area contributed by atoms with Crippen LogP contribution in [0.5, 0.6) is 0 Å². The topological polar surface area (TPSA) is 0 Å². The molecule has 4 aliphatic carbocycles. The summed E-state index contributed by atoms with van der Waals surface area (Å²) in [6.07, 6.45) is 0. The second-order valence-electron chi connectivity index (χ2n) is 4.31. The SMILES string of the molecule is [Ni].c1cc2cc[cH-]cc-2c1.c1cc2cc[cH-]cc-2c1. The van der Waals surface area contributed by atoms with Crippen LogP contribution in [0.3, 0.4) is 0 Å². The Morgan fingerprint density at radius 3 is 1.37 bits per heavy atom. The summed E-state index contributed by atoms with van der Waals surface area (Å²) in [7, 11) is 0. The first-order chi connectivity index (χ1) is 8.93. The molecule has 4 rings (SSSR count). The fraction of sp³-hybridized carbons (Fsp3) is 0. The van der Waals surface area contributed by atoms with Crippen LogP contribution >= 0.6 is 0 Å². The van der Waals surface area contributed by atoms with Crippen molar-refractivity contribution < 1.29 is 16.5 Å². The summed E-state index contributed by atoms with van der Waals surface area (Å²) >= 11 is 0. The van der Waals surface area contributed by atoms with E-state index in [0.29, 0.717) is 0 Å². The Labute approximate surface area is 124 Å². The first-order valence-electron chi connectivity index (χ1n) is 6.14. The molecular formula is C18H14Ni-2.